The summed E-state index contributed by atoms with van der Waals surface area (Å²) in [5.74, 6) is 0.126. The number of ether oxygens (including phenoxy) is 1. The van der Waals surface area contributed by atoms with Gasteiger partial charge in [0, 0.05) is 13.1 Å². The maximum atomic E-state index is 12.5. The van der Waals surface area contributed by atoms with E-state index < -0.39 is 5.41 Å². The van der Waals surface area contributed by atoms with Crippen LogP contribution < -0.4 is 5.73 Å². The monoisotopic (exact) mass is 242 g/mol. The highest BCUT2D eigenvalue weighted by Crippen LogP contribution is 2.40. The van der Waals surface area contributed by atoms with E-state index in [1.165, 1.54) is 0 Å². The van der Waals surface area contributed by atoms with Gasteiger partial charge in [-0.1, -0.05) is 25.1 Å². The maximum Gasteiger partial charge on any atom is 0.235 e. The number of amides is 1. The summed E-state index contributed by atoms with van der Waals surface area (Å²) in [6, 6.07) is 0. The topological polar surface area (TPSA) is 55.6 Å². The average molecular weight is 242 g/mol. The SMILES string of the molecule is NC(=S)C1(C(=O)N2CCOCC2)CCCC1. The van der Waals surface area contributed by atoms with Crippen LogP contribution in [0.15, 0.2) is 0 Å². The summed E-state index contributed by atoms with van der Waals surface area (Å²) in [7, 11) is 0. The molecule has 1 saturated heterocycles. The highest BCUT2D eigenvalue weighted by atomic mass is 32.1. The van der Waals surface area contributed by atoms with Crippen molar-refractivity contribution in [2.45, 2.75) is 25.7 Å². The van der Waals surface area contributed by atoms with Gasteiger partial charge in [0.15, 0.2) is 0 Å². The Bertz CT molecular complexity index is 294. The van der Waals surface area contributed by atoms with Crippen molar-refractivity contribution >= 4 is 23.1 Å². The molecule has 0 aromatic rings. The molecule has 2 aliphatic rings. The van der Waals surface area contributed by atoms with Crippen molar-refractivity contribution in [3.05, 3.63) is 0 Å². The Hall–Kier alpha value is -0.680. The van der Waals surface area contributed by atoms with Crippen LogP contribution in [0.1, 0.15) is 25.7 Å². The second-order valence-corrected chi connectivity index (χ2v) is 5.00. The van der Waals surface area contributed by atoms with Crippen molar-refractivity contribution in [3.8, 4) is 0 Å². The number of rotatable bonds is 2. The summed E-state index contributed by atoms with van der Waals surface area (Å²) >= 11 is 5.11. The number of carbonyl (C=O) groups is 1. The van der Waals surface area contributed by atoms with Gasteiger partial charge in [0.25, 0.3) is 0 Å². The van der Waals surface area contributed by atoms with Crippen molar-refractivity contribution in [1.29, 1.82) is 0 Å². The summed E-state index contributed by atoms with van der Waals surface area (Å²) in [5.41, 5.74) is 5.24. The molecule has 16 heavy (non-hydrogen) atoms. The molecule has 90 valence electrons. The Morgan fingerprint density at radius 1 is 1.25 bits per heavy atom. The first-order valence-electron chi connectivity index (χ1n) is 5.84. The standard InChI is InChI=1S/C11H18N2O2S/c12-9(16)11(3-1-2-4-11)10(14)13-5-7-15-8-6-13/h1-8H2,(H2,12,16). The van der Waals surface area contributed by atoms with E-state index in [2.05, 4.69) is 0 Å². The predicted molar refractivity (Wildman–Crippen MR) is 65.1 cm³/mol. The van der Waals surface area contributed by atoms with Crippen LogP contribution in [-0.2, 0) is 9.53 Å². The van der Waals surface area contributed by atoms with Gasteiger partial charge < -0.3 is 15.4 Å². The number of thiocarbonyl (C=S) groups is 1. The molecule has 2 rings (SSSR count). The molecule has 0 atom stereocenters. The molecule has 0 unspecified atom stereocenters. The third kappa shape index (κ3) is 1.94. The lowest BCUT2D eigenvalue weighted by Crippen LogP contribution is -2.52. The number of hydrogen-bond acceptors (Lipinski definition) is 3. The summed E-state index contributed by atoms with van der Waals surface area (Å²) in [5, 5.41) is 0. The molecule has 0 radical (unpaired) electrons. The van der Waals surface area contributed by atoms with Crippen LogP contribution in [-0.4, -0.2) is 42.1 Å². The zero-order chi connectivity index (χ0) is 11.6. The predicted octanol–water partition coefficient (Wildman–Crippen LogP) is 0.692. The quantitative estimate of drug-likeness (QED) is 0.724. The molecule has 0 spiro atoms. The van der Waals surface area contributed by atoms with E-state index in [9.17, 15) is 4.79 Å². The smallest absolute Gasteiger partial charge is 0.235 e. The fourth-order valence-corrected chi connectivity index (χ4v) is 2.90. The first-order valence-corrected chi connectivity index (χ1v) is 6.25. The van der Waals surface area contributed by atoms with E-state index >= 15 is 0 Å². The van der Waals surface area contributed by atoms with Crippen LogP contribution in [0.2, 0.25) is 0 Å². The van der Waals surface area contributed by atoms with Crippen LogP contribution >= 0.6 is 12.2 Å². The Kier molecular flexibility index (Phi) is 3.44. The van der Waals surface area contributed by atoms with Crippen molar-refractivity contribution in [1.82, 2.24) is 4.90 Å². The molecule has 0 aromatic carbocycles. The molecule has 1 amide bonds. The lowest BCUT2D eigenvalue weighted by Gasteiger charge is -2.35. The molecule has 2 N–H and O–H groups in total. The third-order valence-electron chi connectivity index (χ3n) is 3.64. The molecule has 1 aliphatic carbocycles. The second-order valence-electron chi connectivity index (χ2n) is 4.56. The molecule has 0 bridgehead atoms. The van der Waals surface area contributed by atoms with Crippen LogP contribution in [0, 0.1) is 5.41 Å². The first-order chi connectivity index (χ1) is 7.67. The molecular weight excluding hydrogens is 224 g/mol. The Morgan fingerprint density at radius 2 is 1.81 bits per heavy atom. The summed E-state index contributed by atoms with van der Waals surface area (Å²) < 4.78 is 5.25. The second kappa shape index (κ2) is 4.67. The molecule has 2 fully saturated rings. The lowest BCUT2D eigenvalue weighted by atomic mass is 9.84. The summed E-state index contributed by atoms with van der Waals surface area (Å²) in [6.07, 6.45) is 3.73. The molecule has 1 heterocycles. The summed E-state index contributed by atoms with van der Waals surface area (Å²) in [6.45, 7) is 2.59. The zero-order valence-corrected chi connectivity index (χ0v) is 10.2. The highest BCUT2D eigenvalue weighted by molar-refractivity contribution is 7.80. The fraction of sp³-hybridized carbons (Fsp3) is 0.818. The van der Waals surface area contributed by atoms with Crippen molar-refractivity contribution < 1.29 is 9.53 Å². The van der Waals surface area contributed by atoms with E-state index in [-0.39, 0.29) is 5.91 Å². The van der Waals surface area contributed by atoms with Gasteiger partial charge >= 0.3 is 0 Å². The van der Waals surface area contributed by atoms with Gasteiger partial charge in [-0.15, -0.1) is 0 Å². The normalized spacial score (nSPS) is 24.4. The van der Waals surface area contributed by atoms with Gasteiger partial charge in [-0.2, -0.15) is 0 Å². The van der Waals surface area contributed by atoms with Crippen LogP contribution in [0.25, 0.3) is 0 Å². The van der Waals surface area contributed by atoms with Gasteiger partial charge in [0.1, 0.15) is 0 Å². The lowest BCUT2D eigenvalue weighted by molar-refractivity contribution is -0.142. The largest absolute Gasteiger partial charge is 0.392 e. The summed E-state index contributed by atoms with van der Waals surface area (Å²) in [4.78, 5) is 14.7. The maximum absolute atomic E-state index is 12.5. The van der Waals surface area contributed by atoms with Gasteiger partial charge in [-0.05, 0) is 12.8 Å². The average Bonchev–Trinajstić information content (AvgIpc) is 2.79. The van der Waals surface area contributed by atoms with Crippen LogP contribution in [0.5, 0.6) is 0 Å². The van der Waals surface area contributed by atoms with E-state index in [0.717, 1.165) is 25.7 Å². The Labute approximate surface area is 101 Å². The minimum absolute atomic E-state index is 0.126. The van der Waals surface area contributed by atoms with Gasteiger partial charge in [-0.3, -0.25) is 4.79 Å². The van der Waals surface area contributed by atoms with E-state index in [0.29, 0.717) is 31.3 Å². The van der Waals surface area contributed by atoms with E-state index in [1.807, 2.05) is 4.90 Å². The molecule has 5 heteroatoms. The molecular formula is C11H18N2O2S. The van der Waals surface area contributed by atoms with Crippen LogP contribution in [0.3, 0.4) is 0 Å². The van der Waals surface area contributed by atoms with E-state index in [1.54, 1.807) is 0 Å². The van der Waals surface area contributed by atoms with E-state index in [4.69, 9.17) is 22.7 Å². The highest BCUT2D eigenvalue weighted by Gasteiger charge is 2.46. The zero-order valence-electron chi connectivity index (χ0n) is 9.41. The fourth-order valence-electron chi connectivity index (χ4n) is 2.61. The minimum atomic E-state index is -0.549. The third-order valence-corrected chi connectivity index (χ3v) is 4.03. The van der Waals surface area contributed by atoms with Gasteiger partial charge in [0.05, 0.1) is 23.6 Å². The number of nitrogens with zero attached hydrogens (tertiary/aromatic N) is 1. The Morgan fingerprint density at radius 3 is 2.31 bits per heavy atom. The molecule has 4 nitrogen and oxygen atoms in total. The van der Waals surface area contributed by atoms with Crippen molar-refractivity contribution in [3.63, 3.8) is 0 Å². The first kappa shape index (κ1) is 11.8. The number of hydrogen-bond donors (Lipinski definition) is 1. The number of carbonyl (C=O) groups excluding carboxylic acids is 1. The molecule has 1 aliphatic heterocycles. The molecule has 1 saturated carbocycles. The Balaban J connectivity index is 2.13. The minimum Gasteiger partial charge on any atom is -0.392 e. The number of morpholine rings is 1. The van der Waals surface area contributed by atoms with Crippen molar-refractivity contribution in [2.24, 2.45) is 11.1 Å². The molecule has 0 aromatic heterocycles. The van der Waals surface area contributed by atoms with Crippen LogP contribution in [0.4, 0.5) is 0 Å². The van der Waals surface area contributed by atoms with Crippen molar-refractivity contribution in [2.75, 3.05) is 26.3 Å². The number of nitrogens with two attached hydrogens (primary N) is 1. The van der Waals surface area contributed by atoms with Gasteiger partial charge in [-0.25, -0.2) is 0 Å². The van der Waals surface area contributed by atoms with Gasteiger partial charge in [0.2, 0.25) is 5.91 Å².